The molecule has 4 atom stereocenters. The van der Waals surface area contributed by atoms with Gasteiger partial charge < -0.3 is 26.2 Å². The number of carbonyl (C=O) groups is 5. The van der Waals surface area contributed by atoms with Gasteiger partial charge in [0, 0.05) is 6.42 Å². The number of carboxylic acids is 1. The van der Waals surface area contributed by atoms with Crippen molar-refractivity contribution in [1.82, 2.24) is 10.6 Å². The molecule has 1 aliphatic rings. The van der Waals surface area contributed by atoms with Crippen molar-refractivity contribution in [2.24, 2.45) is 17.6 Å². The topological polar surface area (TPSA) is 165 Å². The number of ether oxygens (including phenoxy) is 1. The van der Waals surface area contributed by atoms with E-state index in [1.807, 2.05) is 0 Å². The summed E-state index contributed by atoms with van der Waals surface area (Å²) < 4.78 is 31.4. The first-order chi connectivity index (χ1) is 15.9. The number of benzene rings is 1. The van der Waals surface area contributed by atoms with Crippen LogP contribution in [0, 0.1) is 23.5 Å². The average Bonchev–Trinajstić information content (AvgIpc) is 3.57. The van der Waals surface area contributed by atoms with Crippen molar-refractivity contribution in [3.8, 4) is 0 Å². The molecular formula is C22H27F2N3O7. The fourth-order valence-electron chi connectivity index (χ4n) is 3.36. The van der Waals surface area contributed by atoms with Crippen LogP contribution in [0.2, 0.25) is 0 Å². The van der Waals surface area contributed by atoms with E-state index >= 15 is 0 Å². The van der Waals surface area contributed by atoms with E-state index in [2.05, 4.69) is 10.6 Å². The monoisotopic (exact) mass is 483 g/mol. The zero-order valence-electron chi connectivity index (χ0n) is 18.7. The fraction of sp³-hybridized carbons (Fsp3) is 0.500. The number of nitrogens with two attached hydrogens (primary N) is 1. The molecular weight excluding hydrogens is 456 g/mol. The highest BCUT2D eigenvalue weighted by Crippen LogP contribution is 2.48. The van der Waals surface area contributed by atoms with Gasteiger partial charge in [0.25, 0.3) is 0 Å². The van der Waals surface area contributed by atoms with E-state index in [1.54, 1.807) is 13.8 Å². The van der Waals surface area contributed by atoms with Crippen LogP contribution in [-0.4, -0.2) is 53.5 Å². The molecule has 1 fully saturated rings. The van der Waals surface area contributed by atoms with Crippen molar-refractivity contribution >= 4 is 29.7 Å². The molecule has 0 spiro atoms. The zero-order chi connectivity index (χ0) is 25.6. The Balaban J connectivity index is 2.05. The summed E-state index contributed by atoms with van der Waals surface area (Å²) in [5, 5.41) is 13.7. The molecule has 12 heteroatoms. The number of esters is 2. The summed E-state index contributed by atoms with van der Waals surface area (Å²) in [6, 6.07) is 0.697. The molecule has 10 nitrogen and oxygen atoms in total. The Labute approximate surface area is 194 Å². The first-order valence-corrected chi connectivity index (χ1v) is 10.7. The quantitative estimate of drug-likeness (QED) is 0.262. The van der Waals surface area contributed by atoms with Crippen molar-refractivity contribution in [1.29, 1.82) is 0 Å². The molecule has 186 valence electrons. The first-order valence-electron chi connectivity index (χ1n) is 10.7. The van der Waals surface area contributed by atoms with E-state index in [0.29, 0.717) is 5.56 Å². The summed E-state index contributed by atoms with van der Waals surface area (Å²) in [6.45, 7) is 2.91. The average molecular weight is 483 g/mol. The Kier molecular flexibility index (Phi) is 9.19. The van der Waals surface area contributed by atoms with E-state index in [4.69, 9.17) is 15.6 Å². The lowest BCUT2D eigenvalue weighted by molar-refractivity contribution is -0.163. The molecule has 0 bridgehead atoms. The van der Waals surface area contributed by atoms with Crippen molar-refractivity contribution in [2.45, 2.75) is 51.1 Å². The highest BCUT2D eigenvalue weighted by Gasteiger charge is 2.46. The normalized spacial score (nSPS) is 18.5. The fourth-order valence-corrected chi connectivity index (χ4v) is 3.36. The van der Waals surface area contributed by atoms with Crippen LogP contribution in [0.25, 0.3) is 0 Å². The molecule has 0 radical (unpaired) electrons. The van der Waals surface area contributed by atoms with Crippen LogP contribution >= 0.6 is 0 Å². The molecule has 0 aromatic heterocycles. The predicted molar refractivity (Wildman–Crippen MR) is 113 cm³/mol. The van der Waals surface area contributed by atoms with Crippen LogP contribution in [0.1, 0.15) is 44.6 Å². The minimum Gasteiger partial charge on any atom is -0.481 e. The molecule has 5 N–H and O–H groups in total. The third kappa shape index (κ3) is 7.30. The summed E-state index contributed by atoms with van der Waals surface area (Å²) in [5.41, 5.74) is 5.62. The Hall–Kier alpha value is -3.41. The van der Waals surface area contributed by atoms with Gasteiger partial charge in [-0.3, -0.25) is 19.2 Å². The van der Waals surface area contributed by atoms with E-state index < -0.39 is 77.6 Å². The number of aliphatic carboxylic acids is 1. The van der Waals surface area contributed by atoms with Crippen LogP contribution in [0.5, 0.6) is 0 Å². The number of nitrogens with one attached hydrogen (secondary N) is 2. The molecule has 1 aromatic rings. The maximum Gasteiger partial charge on any atom is 0.336 e. The van der Waals surface area contributed by atoms with Crippen molar-refractivity contribution in [3.05, 3.63) is 35.4 Å². The third-order valence-electron chi connectivity index (χ3n) is 5.37. The lowest BCUT2D eigenvalue weighted by atomic mass is 10.0. The van der Waals surface area contributed by atoms with Gasteiger partial charge in [0.1, 0.15) is 12.1 Å². The van der Waals surface area contributed by atoms with Crippen molar-refractivity contribution in [3.63, 3.8) is 0 Å². The molecule has 0 saturated heterocycles. The van der Waals surface area contributed by atoms with Crippen LogP contribution < -0.4 is 16.4 Å². The van der Waals surface area contributed by atoms with Gasteiger partial charge in [-0.25, -0.2) is 13.6 Å². The second-order valence-corrected chi connectivity index (χ2v) is 8.35. The van der Waals surface area contributed by atoms with E-state index in [0.717, 1.165) is 12.1 Å². The summed E-state index contributed by atoms with van der Waals surface area (Å²) in [5.74, 6) is -8.42. The third-order valence-corrected chi connectivity index (χ3v) is 5.37. The number of halogens is 2. The summed E-state index contributed by atoms with van der Waals surface area (Å²) in [4.78, 5) is 60.2. The van der Waals surface area contributed by atoms with Crippen molar-refractivity contribution in [2.75, 3.05) is 6.54 Å². The largest absolute Gasteiger partial charge is 0.481 e. The van der Waals surface area contributed by atoms with Gasteiger partial charge in [0.2, 0.25) is 11.8 Å². The maximum absolute atomic E-state index is 13.4. The molecule has 1 aliphatic carbocycles. The molecule has 1 aromatic carbocycles. The number of carbonyl (C=O) groups excluding carboxylic acids is 4. The van der Waals surface area contributed by atoms with Crippen LogP contribution in [-0.2, 0) is 28.7 Å². The summed E-state index contributed by atoms with van der Waals surface area (Å²) in [7, 11) is 0. The highest BCUT2D eigenvalue weighted by molar-refractivity contribution is 5.95. The van der Waals surface area contributed by atoms with Gasteiger partial charge in [-0.15, -0.1) is 0 Å². The van der Waals surface area contributed by atoms with Gasteiger partial charge in [0.15, 0.2) is 11.6 Å². The summed E-state index contributed by atoms with van der Waals surface area (Å²) in [6.07, 6.45) is -0.610. The van der Waals surface area contributed by atoms with Gasteiger partial charge in [0.05, 0.1) is 12.5 Å². The van der Waals surface area contributed by atoms with Gasteiger partial charge in [-0.1, -0.05) is 19.9 Å². The van der Waals surface area contributed by atoms with E-state index in [1.165, 1.54) is 6.07 Å². The minimum absolute atomic E-state index is 0.254. The number of amides is 2. The number of rotatable bonds is 11. The molecule has 34 heavy (non-hydrogen) atoms. The lowest BCUT2D eigenvalue weighted by Gasteiger charge is -2.24. The Morgan fingerprint density at radius 1 is 1.15 bits per heavy atom. The van der Waals surface area contributed by atoms with Gasteiger partial charge in [-0.2, -0.15) is 0 Å². The standard InChI is InChI=1S/C22H27F2N3O7/c1-10(2)19(27-17(28)9-25)20(31)26-16(5-6-18(29)30)22(33)34-21(32)13-8-12(13)11-3-4-14(23)15(24)7-11/h3-4,7,10,12-13,16,19H,5-6,8-9,25H2,1-2H3,(H,26,31)(H,27,28)(H,29,30). The summed E-state index contributed by atoms with van der Waals surface area (Å²) >= 11 is 0. The van der Waals surface area contributed by atoms with Gasteiger partial charge in [-0.05, 0) is 42.4 Å². The van der Waals surface area contributed by atoms with Gasteiger partial charge >= 0.3 is 17.9 Å². The zero-order valence-corrected chi connectivity index (χ0v) is 18.7. The minimum atomic E-state index is -1.47. The Morgan fingerprint density at radius 2 is 1.82 bits per heavy atom. The smallest absolute Gasteiger partial charge is 0.336 e. The van der Waals surface area contributed by atoms with E-state index in [9.17, 15) is 32.8 Å². The number of hydrogen-bond donors (Lipinski definition) is 4. The number of hydrogen-bond acceptors (Lipinski definition) is 7. The SMILES string of the molecule is CC(C)C(NC(=O)CN)C(=O)NC(CCC(=O)O)C(=O)OC(=O)C1CC1c1ccc(F)c(F)c1. The van der Waals surface area contributed by atoms with E-state index in [-0.39, 0.29) is 19.4 Å². The second-order valence-electron chi connectivity index (χ2n) is 8.35. The number of carboxylic acid groups (broad SMARTS) is 1. The maximum atomic E-state index is 13.4. The van der Waals surface area contributed by atoms with Crippen LogP contribution in [0.4, 0.5) is 8.78 Å². The molecule has 2 rings (SSSR count). The first kappa shape index (κ1) is 26.8. The molecule has 4 unspecified atom stereocenters. The molecule has 0 heterocycles. The van der Waals surface area contributed by atoms with Crippen LogP contribution in [0.15, 0.2) is 18.2 Å². The van der Waals surface area contributed by atoms with Crippen molar-refractivity contribution < 1.29 is 42.6 Å². The predicted octanol–water partition coefficient (Wildman–Crippen LogP) is 0.587. The highest BCUT2D eigenvalue weighted by atomic mass is 19.2. The Bertz CT molecular complexity index is 970. The Morgan fingerprint density at radius 3 is 2.38 bits per heavy atom. The van der Waals surface area contributed by atoms with Crippen LogP contribution in [0.3, 0.4) is 0 Å². The lowest BCUT2D eigenvalue weighted by Crippen LogP contribution is -2.55. The molecule has 0 aliphatic heterocycles. The second kappa shape index (κ2) is 11.6. The molecule has 2 amide bonds. The molecule has 1 saturated carbocycles.